The standard InChI is InChI=1S/C22H32N2O5/c1-4-17-29-20(26)11-14-23-15-12-22(13-16-23,21(27)28-3)24(19(25)5-2)18-9-7-6-8-10-18/h6-10H,4-5,11-17H2,1-3H3. The molecule has 0 unspecified atom stereocenters. The van der Waals surface area contributed by atoms with Gasteiger partial charge in [0.15, 0.2) is 0 Å². The maximum atomic E-state index is 12.9. The molecule has 1 aliphatic heterocycles. The van der Waals surface area contributed by atoms with Crippen molar-refractivity contribution in [3.8, 4) is 0 Å². The fourth-order valence-electron chi connectivity index (χ4n) is 3.76. The molecule has 0 atom stereocenters. The van der Waals surface area contributed by atoms with Crippen LogP contribution in [-0.2, 0) is 23.9 Å². The molecule has 0 bridgehead atoms. The molecule has 0 spiro atoms. The normalized spacial score (nSPS) is 16.1. The lowest BCUT2D eigenvalue weighted by Gasteiger charge is -2.46. The molecule has 7 nitrogen and oxygen atoms in total. The molecular weight excluding hydrogens is 372 g/mol. The van der Waals surface area contributed by atoms with Crippen LogP contribution < -0.4 is 4.90 Å². The van der Waals surface area contributed by atoms with Crippen molar-refractivity contribution >= 4 is 23.5 Å². The number of esters is 2. The van der Waals surface area contributed by atoms with Gasteiger partial charge in [-0.05, 0) is 31.4 Å². The monoisotopic (exact) mass is 404 g/mol. The Morgan fingerprint density at radius 2 is 1.76 bits per heavy atom. The van der Waals surface area contributed by atoms with Crippen LogP contribution in [0.3, 0.4) is 0 Å². The average molecular weight is 405 g/mol. The van der Waals surface area contributed by atoms with Gasteiger partial charge in [0, 0.05) is 31.7 Å². The Bertz CT molecular complexity index is 684. The Hall–Kier alpha value is -2.41. The number of anilines is 1. The van der Waals surface area contributed by atoms with E-state index in [9.17, 15) is 14.4 Å². The van der Waals surface area contributed by atoms with E-state index >= 15 is 0 Å². The first-order valence-corrected chi connectivity index (χ1v) is 10.3. The quantitative estimate of drug-likeness (QED) is 0.589. The number of hydrogen-bond donors (Lipinski definition) is 0. The highest BCUT2D eigenvalue weighted by Gasteiger charge is 2.49. The maximum absolute atomic E-state index is 12.9. The summed E-state index contributed by atoms with van der Waals surface area (Å²) in [5.74, 6) is -0.716. The molecule has 7 heteroatoms. The molecule has 29 heavy (non-hydrogen) atoms. The largest absolute Gasteiger partial charge is 0.467 e. The van der Waals surface area contributed by atoms with Crippen LogP contribution >= 0.6 is 0 Å². The molecule has 1 heterocycles. The summed E-state index contributed by atoms with van der Waals surface area (Å²) in [5, 5.41) is 0. The van der Waals surface area contributed by atoms with Crippen molar-refractivity contribution in [2.24, 2.45) is 0 Å². The van der Waals surface area contributed by atoms with E-state index in [0.717, 1.165) is 6.42 Å². The number of para-hydroxylation sites is 1. The summed E-state index contributed by atoms with van der Waals surface area (Å²) in [4.78, 5) is 41.3. The Labute approximate surface area is 172 Å². The van der Waals surface area contributed by atoms with Crippen molar-refractivity contribution in [2.75, 3.05) is 38.3 Å². The van der Waals surface area contributed by atoms with Gasteiger partial charge in [-0.1, -0.05) is 32.0 Å². The molecule has 1 aliphatic rings. The summed E-state index contributed by atoms with van der Waals surface area (Å²) in [5.41, 5.74) is -0.344. The van der Waals surface area contributed by atoms with E-state index in [1.165, 1.54) is 7.11 Å². The first-order valence-electron chi connectivity index (χ1n) is 10.3. The third kappa shape index (κ3) is 5.56. The zero-order valence-electron chi connectivity index (χ0n) is 17.7. The van der Waals surface area contributed by atoms with E-state index in [2.05, 4.69) is 4.90 Å². The average Bonchev–Trinajstić information content (AvgIpc) is 2.77. The van der Waals surface area contributed by atoms with Crippen molar-refractivity contribution in [3.63, 3.8) is 0 Å². The maximum Gasteiger partial charge on any atom is 0.332 e. The SMILES string of the molecule is CCCOC(=O)CCN1CCC(C(=O)OC)(N(C(=O)CC)c2ccccc2)CC1. The fraction of sp³-hybridized carbons (Fsp3) is 0.591. The summed E-state index contributed by atoms with van der Waals surface area (Å²) in [6.45, 7) is 5.95. The highest BCUT2D eigenvalue weighted by atomic mass is 16.5. The summed E-state index contributed by atoms with van der Waals surface area (Å²) >= 11 is 0. The number of carbonyl (C=O) groups excluding carboxylic acids is 3. The van der Waals surface area contributed by atoms with Gasteiger partial charge in [0.25, 0.3) is 0 Å². The van der Waals surface area contributed by atoms with E-state index in [4.69, 9.17) is 9.47 Å². The first-order chi connectivity index (χ1) is 14.0. The molecule has 0 N–H and O–H groups in total. The number of carbonyl (C=O) groups is 3. The van der Waals surface area contributed by atoms with Gasteiger partial charge in [0.1, 0.15) is 5.54 Å². The second kappa shape index (κ2) is 11.0. The summed E-state index contributed by atoms with van der Waals surface area (Å²) in [6, 6.07) is 9.27. The second-order valence-corrected chi connectivity index (χ2v) is 7.25. The van der Waals surface area contributed by atoms with Crippen LogP contribution in [0.5, 0.6) is 0 Å². The van der Waals surface area contributed by atoms with Crippen LogP contribution in [0.15, 0.2) is 30.3 Å². The Morgan fingerprint density at radius 3 is 2.31 bits per heavy atom. The Morgan fingerprint density at radius 1 is 1.10 bits per heavy atom. The molecule has 0 saturated carbocycles. The molecule has 1 aromatic carbocycles. The first kappa shape index (κ1) is 22.9. The van der Waals surface area contributed by atoms with Gasteiger partial charge in [0.2, 0.25) is 5.91 Å². The molecule has 160 valence electrons. The number of likely N-dealkylation sites (tertiary alicyclic amines) is 1. The van der Waals surface area contributed by atoms with Gasteiger partial charge in [-0.3, -0.25) is 14.5 Å². The number of nitrogens with zero attached hydrogens (tertiary/aromatic N) is 2. The smallest absolute Gasteiger partial charge is 0.332 e. The van der Waals surface area contributed by atoms with Gasteiger partial charge in [-0.25, -0.2) is 4.79 Å². The van der Waals surface area contributed by atoms with E-state index in [-0.39, 0.29) is 11.9 Å². The molecule has 1 amide bonds. The third-order valence-corrected chi connectivity index (χ3v) is 5.34. The predicted octanol–water partition coefficient (Wildman–Crippen LogP) is 2.78. The van der Waals surface area contributed by atoms with Gasteiger partial charge in [-0.2, -0.15) is 0 Å². The van der Waals surface area contributed by atoms with Crippen molar-refractivity contribution in [3.05, 3.63) is 30.3 Å². The lowest BCUT2D eigenvalue weighted by Crippen LogP contribution is -2.62. The molecule has 1 fully saturated rings. The van der Waals surface area contributed by atoms with Crippen LogP contribution in [0.2, 0.25) is 0 Å². The van der Waals surface area contributed by atoms with E-state index in [1.807, 2.05) is 37.3 Å². The van der Waals surface area contributed by atoms with Crippen LogP contribution in [0.25, 0.3) is 0 Å². The number of rotatable bonds is 9. The topological polar surface area (TPSA) is 76.2 Å². The zero-order chi connectivity index (χ0) is 21.3. The molecule has 0 radical (unpaired) electrons. The second-order valence-electron chi connectivity index (χ2n) is 7.25. The number of hydrogen-bond acceptors (Lipinski definition) is 6. The highest BCUT2D eigenvalue weighted by Crippen LogP contribution is 2.35. The zero-order valence-corrected chi connectivity index (χ0v) is 17.7. The number of ether oxygens (including phenoxy) is 2. The van der Waals surface area contributed by atoms with Crippen molar-refractivity contribution in [2.45, 2.75) is 51.5 Å². The van der Waals surface area contributed by atoms with E-state index in [0.29, 0.717) is 57.6 Å². The molecule has 2 rings (SSSR count). The number of benzene rings is 1. The van der Waals surface area contributed by atoms with E-state index < -0.39 is 11.5 Å². The Kier molecular flexibility index (Phi) is 8.64. The van der Waals surface area contributed by atoms with Gasteiger partial charge in [0.05, 0.1) is 20.1 Å². The van der Waals surface area contributed by atoms with Crippen molar-refractivity contribution < 1.29 is 23.9 Å². The molecule has 1 saturated heterocycles. The summed E-state index contributed by atoms with van der Waals surface area (Å²) in [6.07, 6.45) is 2.31. The molecule has 0 aliphatic carbocycles. The fourth-order valence-corrected chi connectivity index (χ4v) is 3.76. The van der Waals surface area contributed by atoms with Crippen LogP contribution in [-0.4, -0.2) is 61.6 Å². The molecule has 0 aromatic heterocycles. The van der Waals surface area contributed by atoms with Crippen molar-refractivity contribution in [1.82, 2.24) is 4.90 Å². The summed E-state index contributed by atoms with van der Waals surface area (Å²) < 4.78 is 10.3. The molecule has 1 aromatic rings. The van der Waals surface area contributed by atoms with Crippen molar-refractivity contribution in [1.29, 1.82) is 0 Å². The van der Waals surface area contributed by atoms with Gasteiger partial charge >= 0.3 is 11.9 Å². The minimum Gasteiger partial charge on any atom is -0.467 e. The lowest BCUT2D eigenvalue weighted by molar-refractivity contribution is -0.151. The predicted molar refractivity (Wildman–Crippen MR) is 111 cm³/mol. The minimum atomic E-state index is -1.04. The van der Waals surface area contributed by atoms with Crippen LogP contribution in [0.1, 0.15) is 46.0 Å². The lowest BCUT2D eigenvalue weighted by atomic mass is 9.84. The van der Waals surface area contributed by atoms with E-state index in [1.54, 1.807) is 11.8 Å². The van der Waals surface area contributed by atoms with Crippen LogP contribution in [0, 0.1) is 0 Å². The number of amides is 1. The van der Waals surface area contributed by atoms with Gasteiger partial charge < -0.3 is 14.4 Å². The Balaban J connectivity index is 2.16. The van der Waals surface area contributed by atoms with Crippen LogP contribution in [0.4, 0.5) is 5.69 Å². The third-order valence-electron chi connectivity index (χ3n) is 5.34. The molecular formula is C22H32N2O5. The highest BCUT2D eigenvalue weighted by molar-refractivity contribution is 6.02. The minimum absolute atomic E-state index is 0.113. The number of methoxy groups -OCH3 is 1. The van der Waals surface area contributed by atoms with Gasteiger partial charge in [-0.15, -0.1) is 0 Å². The summed E-state index contributed by atoms with van der Waals surface area (Å²) in [7, 11) is 1.36. The number of piperidine rings is 1.